The molecule has 2 aromatic carbocycles. The number of hydrogen-bond acceptors (Lipinski definition) is 3. The number of carbonyl (C=O) groups excluding carboxylic acids is 1. The van der Waals surface area contributed by atoms with Crippen LogP contribution in [0.15, 0.2) is 64.0 Å². The molecule has 0 fully saturated rings. The number of benzene rings is 2. The molecule has 0 unspecified atom stereocenters. The summed E-state index contributed by atoms with van der Waals surface area (Å²) < 4.78 is 25.5. The molecule has 0 spiro atoms. The van der Waals surface area contributed by atoms with Gasteiger partial charge in [0.25, 0.3) is 0 Å². The van der Waals surface area contributed by atoms with Crippen LogP contribution in [0.2, 0.25) is 0 Å². The van der Waals surface area contributed by atoms with E-state index in [1.54, 1.807) is 36.4 Å². The molecule has 1 aliphatic heterocycles. The number of allylic oxidation sites excluding steroid dienone is 1. The zero-order valence-corrected chi connectivity index (χ0v) is 12.5. The Hall–Kier alpha value is -2.71. The van der Waals surface area contributed by atoms with E-state index in [0.29, 0.717) is 16.7 Å². The van der Waals surface area contributed by atoms with E-state index in [2.05, 4.69) is 4.85 Å². The van der Waals surface area contributed by atoms with E-state index in [9.17, 15) is 13.2 Å². The van der Waals surface area contributed by atoms with Gasteiger partial charge in [0.05, 0.1) is 16.4 Å². The van der Waals surface area contributed by atoms with Gasteiger partial charge in [0.2, 0.25) is 15.5 Å². The highest BCUT2D eigenvalue weighted by atomic mass is 32.2. The molecule has 0 bridgehead atoms. The van der Waals surface area contributed by atoms with E-state index in [-0.39, 0.29) is 21.3 Å². The molecule has 0 N–H and O–H groups in total. The first kappa shape index (κ1) is 14.2. The second-order valence-corrected chi connectivity index (χ2v) is 6.77. The van der Waals surface area contributed by atoms with Crippen molar-refractivity contribution in [1.29, 1.82) is 0 Å². The molecule has 0 saturated heterocycles. The Morgan fingerprint density at radius 1 is 0.955 bits per heavy atom. The second kappa shape index (κ2) is 4.93. The lowest BCUT2D eigenvalue weighted by Gasteiger charge is -2.23. The lowest BCUT2D eigenvalue weighted by atomic mass is 9.94. The smallest absolute Gasteiger partial charge is 0.237 e. The van der Waals surface area contributed by atoms with Gasteiger partial charge in [-0.3, -0.25) is 0 Å². The molecule has 22 heavy (non-hydrogen) atoms. The Balaban J connectivity index is 2.56. The van der Waals surface area contributed by atoms with Gasteiger partial charge in [0.1, 0.15) is 0 Å². The zero-order valence-electron chi connectivity index (χ0n) is 11.7. The van der Waals surface area contributed by atoms with Crippen molar-refractivity contribution >= 4 is 21.2 Å². The Bertz CT molecular complexity index is 923. The van der Waals surface area contributed by atoms with Crippen LogP contribution in [-0.4, -0.2) is 14.2 Å². The fourth-order valence-electron chi connectivity index (χ4n) is 2.64. The van der Waals surface area contributed by atoms with Crippen molar-refractivity contribution < 1.29 is 13.2 Å². The molecule has 3 rings (SSSR count). The first-order valence-corrected chi connectivity index (χ1v) is 8.03. The van der Waals surface area contributed by atoms with Gasteiger partial charge in [-0.15, -0.1) is 0 Å². The molecule has 5 heteroatoms. The van der Waals surface area contributed by atoms with Gasteiger partial charge in [-0.05, 0) is 30.2 Å². The average molecular weight is 309 g/mol. The van der Waals surface area contributed by atoms with Gasteiger partial charge >= 0.3 is 0 Å². The molecular weight excluding hydrogens is 298 g/mol. The molecule has 0 amide bonds. The molecular formula is C17H11NO3S. The lowest BCUT2D eigenvalue weighted by molar-refractivity contribution is -0.113. The monoisotopic (exact) mass is 309 g/mol. The number of sulfone groups is 1. The summed E-state index contributed by atoms with van der Waals surface area (Å²) in [6, 6.07) is 12.9. The molecule has 0 saturated carbocycles. The van der Waals surface area contributed by atoms with E-state index in [0.717, 1.165) is 0 Å². The largest absolute Gasteiger partial charge is 0.308 e. The summed E-state index contributed by atoms with van der Waals surface area (Å²) in [5.74, 6) is -0.381. The number of fused-ring (bicyclic) bond motifs is 2. The summed E-state index contributed by atoms with van der Waals surface area (Å²) in [4.78, 5) is 15.4. The van der Waals surface area contributed by atoms with Crippen molar-refractivity contribution in [3.05, 3.63) is 76.8 Å². The average Bonchev–Trinajstić information content (AvgIpc) is 2.51. The number of hydrogen-bond donors (Lipinski definition) is 0. The van der Waals surface area contributed by atoms with Crippen molar-refractivity contribution in [2.45, 2.75) is 16.7 Å². The van der Waals surface area contributed by atoms with Gasteiger partial charge in [0, 0.05) is 5.57 Å². The first-order chi connectivity index (χ1) is 10.5. The zero-order chi connectivity index (χ0) is 15.9. The Kier molecular flexibility index (Phi) is 3.19. The van der Waals surface area contributed by atoms with Crippen molar-refractivity contribution in [3.8, 4) is 0 Å². The van der Waals surface area contributed by atoms with E-state index in [1.165, 1.54) is 19.1 Å². The third-order valence-electron chi connectivity index (χ3n) is 3.57. The minimum Gasteiger partial charge on any atom is -0.308 e. The lowest BCUT2D eigenvalue weighted by Crippen LogP contribution is -2.15. The minimum absolute atomic E-state index is 0.0465. The molecule has 2 aromatic rings. The maximum absolute atomic E-state index is 12.7. The van der Waals surface area contributed by atoms with Gasteiger partial charge in [0.15, 0.2) is 5.78 Å². The number of nitrogens with zero attached hydrogens (tertiary/aromatic N) is 1. The highest BCUT2D eigenvalue weighted by molar-refractivity contribution is 7.91. The van der Waals surface area contributed by atoms with Crippen LogP contribution in [-0.2, 0) is 14.6 Å². The summed E-state index contributed by atoms with van der Waals surface area (Å²) in [6.07, 6.45) is 0. The van der Waals surface area contributed by atoms with Gasteiger partial charge in [-0.2, -0.15) is 0 Å². The van der Waals surface area contributed by atoms with Gasteiger partial charge < -0.3 is 4.79 Å². The van der Waals surface area contributed by atoms with Crippen LogP contribution < -0.4 is 0 Å². The quantitative estimate of drug-likeness (QED) is 0.513. The molecule has 0 radical (unpaired) electrons. The molecule has 0 aliphatic carbocycles. The summed E-state index contributed by atoms with van der Waals surface area (Å²) in [5, 5.41) is 0. The summed E-state index contributed by atoms with van der Waals surface area (Å²) >= 11 is 0. The highest BCUT2D eigenvalue weighted by Gasteiger charge is 2.33. The summed E-state index contributed by atoms with van der Waals surface area (Å²) in [6.45, 7) is 8.62. The van der Waals surface area contributed by atoms with E-state index < -0.39 is 9.84 Å². The van der Waals surface area contributed by atoms with E-state index in [1.807, 2.05) is 0 Å². The molecule has 0 aromatic heterocycles. The molecule has 1 aliphatic rings. The summed E-state index contributed by atoms with van der Waals surface area (Å²) in [7, 11) is -3.65. The predicted molar refractivity (Wildman–Crippen MR) is 81.6 cm³/mol. The van der Waals surface area contributed by atoms with Crippen molar-refractivity contribution in [2.24, 2.45) is 0 Å². The maximum atomic E-state index is 12.7. The first-order valence-electron chi connectivity index (χ1n) is 6.55. The SMILES string of the molecule is [C-]#[N+]C(C(C)=O)=C1c2ccccc2S(=O)(=O)c2ccccc21. The predicted octanol–water partition coefficient (Wildman–Crippen LogP) is 3.10. The fourth-order valence-corrected chi connectivity index (χ4v) is 4.32. The summed E-state index contributed by atoms with van der Waals surface area (Å²) in [5.41, 5.74) is 1.16. The third kappa shape index (κ3) is 1.89. The number of carbonyl (C=O) groups is 1. The van der Waals surface area contributed by atoms with E-state index in [4.69, 9.17) is 6.57 Å². The van der Waals surface area contributed by atoms with Crippen LogP contribution in [0.4, 0.5) is 0 Å². The van der Waals surface area contributed by atoms with Crippen LogP contribution in [0.3, 0.4) is 0 Å². The second-order valence-electron chi connectivity index (χ2n) is 4.89. The topological polar surface area (TPSA) is 55.6 Å². The van der Waals surface area contributed by atoms with Crippen LogP contribution in [0.5, 0.6) is 0 Å². The molecule has 108 valence electrons. The molecule has 0 atom stereocenters. The van der Waals surface area contributed by atoms with Gasteiger partial charge in [-0.25, -0.2) is 13.3 Å². The Morgan fingerprint density at radius 2 is 1.41 bits per heavy atom. The van der Waals surface area contributed by atoms with Crippen molar-refractivity contribution in [2.75, 3.05) is 0 Å². The number of ketones is 1. The minimum atomic E-state index is -3.65. The van der Waals surface area contributed by atoms with Crippen molar-refractivity contribution in [3.63, 3.8) is 0 Å². The molecule has 4 nitrogen and oxygen atoms in total. The van der Waals surface area contributed by atoms with Crippen LogP contribution in [0.1, 0.15) is 18.1 Å². The normalized spacial score (nSPS) is 14.5. The van der Waals surface area contributed by atoms with Crippen molar-refractivity contribution in [1.82, 2.24) is 0 Å². The van der Waals surface area contributed by atoms with Crippen LogP contribution in [0, 0.1) is 6.57 Å². The highest BCUT2D eigenvalue weighted by Crippen LogP contribution is 2.42. The number of Topliss-reactive ketones (excluding diaryl/α,β-unsaturated/α-hetero) is 1. The fraction of sp³-hybridized carbons (Fsp3) is 0.0588. The van der Waals surface area contributed by atoms with Crippen LogP contribution in [0.25, 0.3) is 10.4 Å². The van der Waals surface area contributed by atoms with E-state index >= 15 is 0 Å². The standard InChI is InChI=1S/C17H11NO3S/c1-11(19)17(18-2)16-12-7-3-5-9-14(12)22(20,21)15-10-6-4-8-13(15)16/h3-10H,1H3. The number of rotatable bonds is 1. The molecule has 1 heterocycles. The maximum Gasteiger partial charge on any atom is 0.237 e. The van der Waals surface area contributed by atoms with Gasteiger partial charge in [-0.1, -0.05) is 36.4 Å². The Labute approximate surface area is 128 Å². The third-order valence-corrected chi connectivity index (χ3v) is 5.44. The van der Waals surface area contributed by atoms with Crippen LogP contribution >= 0.6 is 0 Å². The Morgan fingerprint density at radius 3 is 1.82 bits per heavy atom.